The van der Waals surface area contributed by atoms with E-state index in [0.29, 0.717) is 12.2 Å². The van der Waals surface area contributed by atoms with Gasteiger partial charge in [0, 0.05) is 30.8 Å². The molecule has 8 nitrogen and oxygen atoms in total. The van der Waals surface area contributed by atoms with Crippen molar-refractivity contribution in [3.8, 4) is 0 Å². The average Bonchev–Trinajstić information content (AvgIpc) is 3.37. The van der Waals surface area contributed by atoms with Crippen LogP contribution in [0.2, 0.25) is 0 Å². The number of hydrogen-bond acceptors (Lipinski definition) is 7. The Labute approximate surface area is 165 Å². The first-order valence-electron chi connectivity index (χ1n) is 8.73. The van der Waals surface area contributed by atoms with E-state index in [2.05, 4.69) is 10.3 Å². The number of aryl methyl sites for hydroxylation is 1. The molecule has 1 aromatic carbocycles. The molecule has 1 amide bonds. The molecule has 0 fully saturated rings. The summed E-state index contributed by atoms with van der Waals surface area (Å²) in [5, 5.41) is 9.14. The van der Waals surface area contributed by atoms with E-state index in [1.54, 1.807) is 13.1 Å². The van der Waals surface area contributed by atoms with Crippen LogP contribution in [0.5, 0.6) is 0 Å². The molecule has 0 N–H and O–H groups in total. The first-order chi connectivity index (χ1) is 13.5. The molecule has 2 aliphatic heterocycles. The molecule has 0 radical (unpaired) electrons. The van der Waals surface area contributed by atoms with E-state index < -0.39 is 5.92 Å². The van der Waals surface area contributed by atoms with Gasteiger partial charge in [-0.05, 0) is 25.0 Å². The van der Waals surface area contributed by atoms with Gasteiger partial charge in [-0.25, -0.2) is 5.01 Å². The van der Waals surface area contributed by atoms with Crippen molar-refractivity contribution in [2.75, 3.05) is 13.7 Å². The van der Waals surface area contributed by atoms with Crippen LogP contribution >= 0.6 is 0 Å². The minimum Gasteiger partial charge on any atom is -0.395 e. The summed E-state index contributed by atoms with van der Waals surface area (Å²) in [6, 6.07) is 3.66. The standard InChI is InChI=1S/C16H17N3O3.C2H6.2CH2O/c1-9-4-5-11(10(2)14(9)13-6-7-22-18-13)15(20)12-8-17-19(3)16(12)21;3*1-2/h4-5,8,12H,6-7H2,1-3H3;1-2H3;2*1H2. The van der Waals surface area contributed by atoms with Crippen molar-refractivity contribution >= 4 is 37.2 Å². The molecule has 3 rings (SSSR count). The summed E-state index contributed by atoms with van der Waals surface area (Å²) >= 11 is 0. The largest absolute Gasteiger partial charge is 0.395 e. The van der Waals surface area contributed by atoms with Gasteiger partial charge in [-0.15, -0.1) is 0 Å². The summed E-state index contributed by atoms with van der Waals surface area (Å²) in [6.45, 7) is 12.4. The highest BCUT2D eigenvalue weighted by Gasteiger charge is 2.34. The number of carbonyl (C=O) groups is 4. The van der Waals surface area contributed by atoms with E-state index in [4.69, 9.17) is 14.4 Å². The molecule has 8 heteroatoms. The van der Waals surface area contributed by atoms with Crippen molar-refractivity contribution in [2.45, 2.75) is 34.1 Å². The Balaban J connectivity index is 0.00000111. The predicted octanol–water partition coefficient (Wildman–Crippen LogP) is 2.34. The fourth-order valence-corrected chi connectivity index (χ4v) is 2.88. The van der Waals surface area contributed by atoms with Crippen molar-refractivity contribution in [3.05, 3.63) is 34.4 Å². The van der Waals surface area contributed by atoms with E-state index >= 15 is 0 Å². The van der Waals surface area contributed by atoms with E-state index in [9.17, 15) is 9.59 Å². The van der Waals surface area contributed by atoms with E-state index in [-0.39, 0.29) is 11.7 Å². The fourth-order valence-electron chi connectivity index (χ4n) is 2.88. The molecule has 28 heavy (non-hydrogen) atoms. The van der Waals surface area contributed by atoms with Crippen LogP contribution in [0.3, 0.4) is 0 Å². The van der Waals surface area contributed by atoms with Crippen LogP contribution in [-0.2, 0) is 19.2 Å². The number of rotatable bonds is 3. The van der Waals surface area contributed by atoms with Gasteiger partial charge in [0.2, 0.25) is 0 Å². The van der Waals surface area contributed by atoms with Crippen LogP contribution in [0, 0.1) is 19.8 Å². The third-order valence-electron chi connectivity index (χ3n) is 4.09. The van der Waals surface area contributed by atoms with E-state index in [1.165, 1.54) is 11.2 Å². The lowest BCUT2D eigenvalue weighted by atomic mass is 9.88. The number of ketones is 1. The van der Waals surface area contributed by atoms with Crippen LogP contribution in [0.25, 0.3) is 0 Å². The summed E-state index contributed by atoms with van der Waals surface area (Å²) in [5.74, 6) is -1.36. The quantitative estimate of drug-likeness (QED) is 0.583. The van der Waals surface area contributed by atoms with E-state index in [1.807, 2.05) is 47.3 Å². The lowest BCUT2D eigenvalue weighted by Gasteiger charge is -2.14. The second-order valence-corrected chi connectivity index (χ2v) is 5.52. The van der Waals surface area contributed by atoms with Gasteiger partial charge in [0.25, 0.3) is 5.91 Å². The lowest BCUT2D eigenvalue weighted by Crippen LogP contribution is -2.29. The smallest absolute Gasteiger partial charge is 0.258 e. The number of carbonyl (C=O) groups excluding carboxylic acids is 4. The van der Waals surface area contributed by atoms with Gasteiger partial charge in [0.15, 0.2) is 5.78 Å². The zero-order valence-electron chi connectivity index (χ0n) is 17.0. The number of amides is 1. The SMILES string of the molecule is C=O.C=O.CC.Cc1ccc(C(=O)C2C=NN(C)C2=O)c(C)c1C1=NOCC1. The van der Waals surface area contributed by atoms with Crippen LogP contribution in [-0.4, -0.2) is 55.9 Å². The molecular formula is C20H27N3O5. The number of hydrogen-bond donors (Lipinski definition) is 0. The summed E-state index contributed by atoms with van der Waals surface area (Å²) < 4.78 is 0. The maximum Gasteiger partial charge on any atom is 0.258 e. The zero-order valence-corrected chi connectivity index (χ0v) is 17.0. The zero-order chi connectivity index (χ0) is 21.9. The third kappa shape index (κ3) is 5.18. The Morgan fingerprint density at radius 3 is 2.25 bits per heavy atom. The van der Waals surface area contributed by atoms with Gasteiger partial charge in [0.1, 0.15) is 26.1 Å². The minimum atomic E-state index is -0.832. The Hall–Kier alpha value is -3.16. The molecule has 0 aromatic heterocycles. The average molecular weight is 389 g/mol. The summed E-state index contributed by atoms with van der Waals surface area (Å²) in [6.07, 6.45) is 2.13. The molecule has 2 aliphatic rings. The Kier molecular flexibility index (Phi) is 10.9. The van der Waals surface area contributed by atoms with E-state index in [0.717, 1.165) is 28.8 Å². The van der Waals surface area contributed by atoms with Crippen molar-refractivity contribution in [2.24, 2.45) is 16.2 Å². The Morgan fingerprint density at radius 1 is 1.18 bits per heavy atom. The van der Waals surface area contributed by atoms with Crippen LogP contribution in [0.1, 0.15) is 47.3 Å². The monoisotopic (exact) mass is 389 g/mol. The van der Waals surface area contributed by atoms with Gasteiger partial charge in [-0.1, -0.05) is 31.1 Å². The Morgan fingerprint density at radius 2 is 1.79 bits per heavy atom. The number of benzene rings is 1. The molecule has 0 spiro atoms. The molecule has 2 heterocycles. The number of Topliss-reactive ketones (excluding diaryl/α,β-unsaturated/α-hetero) is 1. The maximum absolute atomic E-state index is 12.7. The fraction of sp³-hybridized carbons (Fsp3) is 0.400. The molecule has 0 aliphatic carbocycles. The lowest BCUT2D eigenvalue weighted by molar-refractivity contribution is -0.129. The molecule has 0 bridgehead atoms. The second-order valence-electron chi connectivity index (χ2n) is 5.52. The van der Waals surface area contributed by atoms with Gasteiger partial charge in [-0.2, -0.15) is 5.10 Å². The Bertz CT molecular complexity index is 756. The first-order valence-corrected chi connectivity index (χ1v) is 8.73. The van der Waals surface area contributed by atoms with Crippen molar-refractivity contribution in [1.82, 2.24) is 5.01 Å². The molecule has 1 aromatic rings. The third-order valence-corrected chi connectivity index (χ3v) is 4.09. The molecular weight excluding hydrogens is 362 g/mol. The van der Waals surface area contributed by atoms with Crippen molar-refractivity contribution in [1.29, 1.82) is 0 Å². The summed E-state index contributed by atoms with van der Waals surface area (Å²) in [5.41, 5.74) is 4.22. The normalized spacial score (nSPS) is 16.5. The van der Waals surface area contributed by atoms with Gasteiger partial charge in [-0.3, -0.25) is 9.59 Å². The molecule has 152 valence electrons. The van der Waals surface area contributed by atoms with Crippen molar-refractivity contribution < 1.29 is 24.0 Å². The minimum absolute atomic E-state index is 0.226. The number of nitrogens with zero attached hydrogens (tertiary/aromatic N) is 3. The summed E-state index contributed by atoms with van der Waals surface area (Å²) in [7, 11) is 1.55. The van der Waals surface area contributed by atoms with Gasteiger partial charge in [0.05, 0.1) is 5.71 Å². The molecule has 1 unspecified atom stereocenters. The molecule has 1 atom stereocenters. The molecule has 0 saturated heterocycles. The summed E-state index contributed by atoms with van der Waals surface area (Å²) in [4.78, 5) is 45.7. The maximum atomic E-state index is 12.7. The van der Waals surface area contributed by atoms with Gasteiger partial charge < -0.3 is 14.4 Å². The number of oxime groups is 1. The van der Waals surface area contributed by atoms with Crippen LogP contribution in [0.15, 0.2) is 22.4 Å². The number of hydrazone groups is 1. The second kappa shape index (κ2) is 12.3. The highest BCUT2D eigenvalue weighted by molar-refractivity contribution is 6.22. The predicted molar refractivity (Wildman–Crippen MR) is 108 cm³/mol. The highest BCUT2D eigenvalue weighted by Crippen LogP contribution is 2.25. The van der Waals surface area contributed by atoms with Crippen LogP contribution in [0.4, 0.5) is 0 Å². The highest BCUT2D eigenvalue weighted by atomic mass is 16.6. The van der Waals surface area contributed by atoms with Crippen molar-refractivity contribution in [3.63, 3.8) is 0 Å². The first kappa shape index (κ1) is 24.8. The molecule has 0 saturated carbocycles. The topological polar surface area (TPSA) is 105 Å². The van der Waals surface area contributed by atoms with Crippen LogP contribution < -0.4 is 0 Å². The van der Waals surface area contributed by atoms with Gasteiger partial charge >= 0.3 is 0 Å².